The van der Waals surface area contributed by atoms with E-state index < -0.39 is 0 Å². The summed E-state index contributed by atoms with van der Waals surface area (Å²) in [5.41, 5.74) is 2.79. The van der Waals surface area contributed by atoms with Crippen LogP contribution in [0.1, 0.15) is 18.1 Å². The van der Waals surface area contributed by atoms with E-state index in [0.29, 0.717) is 24.2 Å². The molecule has 23 heavy (non-hydrogen) atoms. The van der Waals surface area contributed by atoms with Crippen LogP contribution in [0.25, 0.3) is 0 Å². The van der Waals surface area contributed by atoms with Crippen LogP contribution >= 0.6 is 0 Å². The number of carbonyl (C=O) groups excluding carboxylic acids is 1. The average molecular weight is 314 g/mol. The molecule has 0 aromatic heterocycles. The molecular weight excluding hydrogens is 295 g/mol. The van der Waals surface area contributed by atoms with Crippen molar-refractivity contribution in [2.75, 3.05) is 16.8 Å². The van der Waals surface area contributed by atoms with Crippen molar-refractivity contribution in [3.05, 3.63) is 59.4 Å². The van der Waals surface area contributed by atoms with Gasteiger partial charge in [-0.05, 0) is 29.8 Å². The van der Waals surface area contributed by atoms with Gasteiger partial charge in [0.2, 0.25) is 5.91 Å². The van der Waals surface area contributed by atoms with Gasteiger partial charge in [-0.15, -0.1) is 0 Å². The molecular formula is C18H19FN2O2. The minimum Gasteiger partial charge on any atom is -0.392 e. The summed E-state index contributed by atoms with van der Waals surface area (Å²) in [6.45, 7) is 2.58. The Morgan fingerprint density at radius 3 is 2.87 bits per heavy atom. The van der Waals surface area contributed by atoms with Crippen molar-refractivity contribution < 1.29 is 14.3 Å². The zero-order valence-corrected chi connectivity index (χ0v) is 12.9. The number of nitrogens with one attached hydrogen (secondary N) is 1. The molecule has 3 rings (SSSR count). The lowest BCUT2D eigenvalue weighted by molar-refractivity contribution is -0.119. The average Bonchev–Trinajstić information content (AvgIpc) is 2.67. The summed E-state index contributed by atoms with van der Waals surface area (Å²) in [6.07, 6.45) is 0. The monoisotopic (exact) mass is 314 g/mol. The SMILES string of the molecule is CC1CN(Cc2cc(CO)ccc2F)c2ccccc2NC1=O. The molecule has 5 heteroatoms. The van der Waals surface area contributed by atoms with E-state index in [1.54, 1.807) is 12.1 Å². The predicted molar refractivity (Wildman–Crippen MR) is 87.6 cm³/mol. The molecule has 0 radical (unpaired) electrons. The Bertz CT molecular complexity index is 733. The topological polar surface area (TPSA) is 52.6 Å². The molecule has 1 atom stereocenters. The van der Waals surface area contributed by atoms with Crippen LogP contribution in [0.5, 0.6) is 0 Å². The van der Waals surface area contributed by atoms with Gasteiger partial charge in [0.05, 0.1) is 23.9 Å². The molecule has 1 unspecified atom stereocenters. The first kappa shape index (κ1) is 15.5. The molecule has 4 nitrogen and oxygen atoms in total. The number of hydrogen-bond donors (Lipinski definition) is 2. The fourth-order valence-corrected chi connectivity index (χ4v) is 2.83. The number of para-hydroxylation sites is 2. The van der Waals surface area contributed by atoms with Gasteiger partial charge in [-0.3, -0.25) is 4.79 Å². The van der Waals surface area contributed by atoms with Crippen LogP contribution in [0.15, 0.2) is 42.5 Å². The third-order valence-electron chi connectivity index (χ3n) is 4.10. The zero-order valence-electron chi connectivity index (χ0n) is 12.9. The second-order valence-corrected chi connectivity index (χ2v) is 5.87. The van der Waals surface area contributed by atoms with E-state index in [2.05, 4.69) is 5.32 Å². The summed E-state index contributed by atoms with van der Waals surface area (Å²) in [7, 11) is 0. The highest BCUT2D eigenvalue weighted by molar-refractivity contribution is 5.97. The van der Waals surface area contributed by atoms with Gasteiger partial charge in [-0.2, -0.15) is 0 Å². The normalized spacial score (nSPS) is 17.4. The smallest absolute Gasteiger partial charge is 0.229 e. The van der Waals surface area contributed by atoms with E-state index in [1.165, 1.54) is 6.07 Å². The van der Waals surface area contributed by atoms with Crippen molar-refractivity contribution in [2.45, 2.75) is 20.1 Å². The third kappa shape index (κ3) is 3.19. The van der Waals surface area contributed by atoms with Crippen LogP contribution in [-0.4, -0.2) is 17.6 Å². The highest BCUT2D eigenvalue weighted by Gasteiger charge is 2.25. The van der Waals surface area contributed by atoms with E-state index >= 15 is 0 Å². The first-order valence-corrected chi connectivity index (χ1v) is 7.61. The zero-order chi connectivity index (χ0) is 16.4. The van der Waals surface area contributed by atoms with Crippen molar-refractivity contribution in [3.8, 4) is 0 Å². The molecule has 2 N–H and O–H groups in total. The van der Waals surface area contributed by atoms with Gasteiger partial charge < -0.3 is 15.3 Å². The first-order chi connectivity index (χ1) is 11.1. The molecule has 120 valence electrons. The Balaban J connectivity index is 1.97. The quantitative estimate of drug-likeness (QED) is 0.916. The molecule has 0 fully saturated rings. The standard InChI is InChI=1S/C18H19FN2O2/c1-12-9-21(10-14-8-13(11-22)6-7-15(14)19)17-5-3-2-4-16(17)20-18(12)23/h2-8,12,22H,9-11H2,1H3,(H,20,23). The van der Waals surface area contributed by atoms with Crippen molar-refractivity contribution >= 4 is 17.3 Å². The second-order valence-electron chi connectivity index (χ2n) is 5.87. The molecule has 1 aliphatic rings. The maximum Gasteiger partial charge on any atom is 0.229 e. The van der Waals surface area contributed by atoms with Crippen LogP contribution in [0.3, 0.4) is 0 Å². The van der Waals surface area contributed by atoms with Gasteiger partial charge in [0.1, 0.15) is 5.82 Å². The maximum absolute atomic E-state index is 14.1. The summed E-state index contributed by atoms with van der Waals surface area (Å²) in [4.78, 5) is 14.1. The third-order valence-corrected chi connectivity index (χ3v) is 4.10. The van der Waals surface area contributed by atoms with Crippen molar-refractivity contribution in [3.63, 3.8) is 0 Å². The Labute approximate surface area is 134 Å². The lowest BCUT2D eigenvalue weighted by Gasteiger charge is -2.26. The lowest BCUT2D eigenvalue weighted by atomic mass is 10.1. The van der Waals surface area contributed by atoms with Gasteiger partial charge in [0.15, 0.2) is 0 Å². The van der Waals surface area contributed by atoms with Gasteiger partial charge in [0, 0.05) is 18.7 Å². The highest BCUT2D eigenvalue weighted by atomic mass is 19.1. The summed E-state index contributed by atoms with van der Waals surface area (Å²) in [6, 6.07) is 12.1. The van der Waals surface area contributed by atoms with Gasteiger partial charge in [-0.25, -0.2) is 4.39 Å². The summed E-state index contributed by atoms with van der Waals surface area (Å²) in [5.74, 6) is -0.549. The van der Waals surface area contributed by atoms with E-state index in [0.717, 1.165) is 11.4 Å². The minimum absolute atomic E-state index is 0.0375. The van der Waals surface area contributed by atoms with Crippen molar-refractivity contribution in [1.82, 2.24) is 0 Å². The summed E-state index contributed by atoms with van der Waals surface area (Å²) < 4.78 is 14.1. The van der Waals surface area contributed by atoms with Crippen LogP contribution in [-0.2, 0) is 17.9 Å². The molecule has 0 saturated carbocycles. The van der Waals surface area contributed by atoms with Gasteiger partial charge in [0.25, 0.3) is 0 Å². The Morgan fingerprint density at radius 2 is 2.09 bits per heavy atom. The molecule has 0 aliphatic carbocycles. The Kier molecular flexibility index (Phi) is 4.30. The molecule has 0 saturated heterocycles. The second kappa shape index (κ2) is 6.38. The van der Waals surface area contributed by atoms with Crippen molar-refractivity contribution in [1.29, 1.82) is 0 Å². The van der Waals surface area contributed by atoms with Crippen LogP contribution in [0.2, 0.25) is 0 Å². The predicted octanol–water partition coefficient (Wildman–Crippen LogP) is 2.91. The number of halogens is 1. The fourth-order valence-electron chi connectivity index (χ4n) is 2.83. The van der Waals surface area contributed by atoms with Gasteiger partial charge in [-0.1, -0.05) is 25.1 Å². The van der Waals surface area contributed by atoms with Crippen LogP contribution < -0.4 is 10.2 Å². The van der Waals surface area contributed by atoms with E-state index in [1.807, 2.05) is 36.1 Å². The molecule has 1 heterocycles. The van der Waals surface area contributed by atoms with E-state index in [-0.39, 0.29) is 24.2 Å². The van der Waals surface area contributed by atoms with Crippen LogP contribution in [0, 0.1) is 11.7 Å². The number of aliphatic hydroxyl groups is 1. The summed E-state index contributed by atoms with van der Waals surface area (Å²) >= 11 is 0. The highest BCUT2D eigenvalue weighted by Crippen LogP contribution is 2.31. The number of nitrogens with zero attached hydrogens (tertiary/aromatic N) is 1. The molecule has 1 amide bonds. The number of amides is 1. The number of fused-ring (bicyclic) bond motifs is 1. The number of carbonyl (C=O) groups is 1. The molecule has 2 aromatic carbocycles. The molecule has 1 aliphatic heterocycles. The Morgan fingerprint density at radius 1 is 1.30 bits per heavy atom. The Hall–Kier alpha value is -2.40. The maximum atomic E-state index is 14.1. The number of anilines is 2. The van der Waals surface area contributed by atoms with E-state index in [4.69, 9.17) is 0 Å². The summed E-state index contributed by atoms with van der Waals surface area (Å²) in [5, 5.41) is 12.2. The number of rotatable bonds is 3. The molecule has 0 spiro atoms. The van der Waals surface area contributed by atoms with Crippen LogP contribution in [0.4, 0.5) is 15.8 Å². The molecule has 0 bridgehead atoms. The minimum atomic E-state index is -0.309. The lowest BCUT2D eigenvalue weighted by Crippen LogP contribution is -2.30. The first-order valence-electron chi connectivity index (χ1n) is 7.61. The van der Waals surface area contributed by atoms with Gasteiger partial charge >= 0.3 is 0 Å². The number of hydrogen-bond acceptors (Lipinski definition) is 3. The number of benzene rings is 2. The number of aliphatic hydroxyl groups excluding tert-OH is 1. The largest absolute Gasteiger partial charge is 0.392 e. The van der Waals surface area contributed by atoms with E-state index in [9.17, 15) is 14.3 Å². The van der Waals surface area contributed by atoms with Crippen molar-refractivity contribution in [2.24, 2.45) is 5.92 Å². The molecule has 2 aromatic rings. The fraction of sp³-hybridized carbons (Fsp3) is 0.278.